The number of nitrogen functional groups attached to an aromatic ring is 1. The Bertz CT molecular complexity index is 648. The van der Waals surface area contributed by atoms with Crippen molar-refractivity contribution >= 4 is 21.6 Å². The lowest BCUT2D eigenvalue weighted by Crippen LogP contribution is -1.92. The third-order valence-electron chi connectivity index (χ3n) is 2.84. The molecule has 0 aromatic heterocycles. The SMILES string of the molecule is Nc1ccc2c(c1)OCO2.Oc1cc2c(cc1Br)OCO2. The number of nitrogens with two attached hydrogens (primary N) is 1. The number of rotatable bonds is 0. The van der Waals surface area contributed by atoms with Gasteiger partial charge in [0.05, 0.1) is 4.47 Å². The molecule has 0 aliphatic carbocycles. The molecule has 0 saturated heterocycles. The van der Waals surface area contributed by atoms with Crippen LogP contribution < -0.4 is 24.7 Å². The maximum atomic E-state index is 9.20. The first-order valence-corrected chi connectivity index (χ1v) is 6.86. The summed E-state index contributed by atoms with van der Waals surface area (Å²) >= 11 is 3.16. The van der Waals surface area contributed by atoms with Crippen molar-refractivity contribution in [2.45, 2.75) is 0 Å². The minimum absolute atomic E-state index is 0.161. The fourth-order valence-electron chi connectivity index (χ4n) is 1.82. The van der Waals surface area contributed by atoms with Crippen LogP contribution in [0.5, 0.6) is 28.7 Å². The molecule has 3 N–H and O–H groups in total. The summed E-state index contributed by atoms with van der Waals surface area (Å²) in [7, 11) is 0. The number of benzene rings is 2. The van der Waals surface area contributed by atoms with Crippen molar-refractivity contribution in [1.29, 1.82) is 0 Å². The minimum Gasteiger partial charge on any atom is -0.507 e. The summed E-state index contributed by atoms with van der Waals surface area (Å²) in [5.74, 6) is 2.92. The van der Waals surface area contributed by atoms with Gasteiger partial charge in [-0.3, -0.25) is 0 Å². The Morgan fingerprint density at radius 2 is 1.43 bits per heavy atom. The van der Waals surface area contributed by atoms with E-state index in [0.717, 1.165) is 11.5 Å². The molecule has 0 saturated carbocycles. The molecule has 2 aliphatic heterocycles. The van der Waals surface area contributed by atoms with Gasteiger partial charge in [-0.2, -0.15) is 0 Å². The van der Waals surface area contributed by atoms with Gasteiger partial charge >= 0.3 is 0 Å². The summed E-state index contributed by atoms with van der Waals surface area (Å²) in [4.78, 5) is 0. The van der Waals surface area contributed by atoms with Gasteiger partial charge in [0, 0.05) is 23.9 Å². The Kier molecular flexibility index (Phi) is 3.66. The Labute approximate surface area is 129 Å². The monoisotopic (exact) mass is 353 g/mol. The van der Waals surface area contributed by atoms with Crippen molar-refractivity contribution in [1.82, 2.24) is 0 Å². The van der Waals surface area contributed by atoms with Crippen molar-refractivity contribution in [3.63, 3.8) is 0 Å². The van der Waals surface area contributed by atoms with Crippen molar-refractivity contribution in [3.8, 4) is 28.7 Å². The van der Waals surface area contributed by atoms with Crippen LogP contribution in [-0.2, 0) is 0 Å². The fraction of sp³-hybridized carbons (Fsp3) is 0.143. The van der Waals surface area contributed by atoms with E-state index in [1.165, 1.54) is 6.07 Å². The van der Waals surface area contributed by atoms with E-state index in [-0.39, 0.29) is 12.5 Å². The van der Waals surface area contributed by atoms with Crippen LogP contribution in [0.3, 0.4) is 0 Å². The molecule has 2 aromatic rings. The predicted molar refractivity (Wildman–Crippen MR) is 78.9 cm³/mol. The second kappa shape index (κ2) is 5.61. The van der Waals surface area contributed by atoms with Gasteiger partial charge < -0.3 is 29.8 Å². The van der Waals surface area contributed by atoms with E-state index in [1.54, 1.807) is 24.3 Å². The largest absolute Gasteiger partial charge is 0.507 e. The second-order valence-electron chi connectivity index (χ2n) is 4.27. The van der Waals surface area contributed by atoms with Gasteiger partial charge in [-0.1, -0.05) is 0 Å². The van der Waals surface area contributed by atoms with Crippen LogP contribution in [0.4, 0.5) is 5.69 Å². The highest BCUT2D eigenvalue weighted by molar-refractivity contribution is 9.10. The zero-order chi connectivity index (χ0) is 14.8. The molecule has 2 aromatic carbocycles. The Hall–Kier alpha value is -2.28. The number of hydrogen-bond acceptors (Lipinski definition) is 6. The molecule has 4 rings (SSSR count). The summed E-state index contributed by atoms with van der Waals surface area (Å²) in [5, 5.41) is 9.20. The van der Waals surface area contributed by atoms with Crippen molar-refractivity contribution in [2.75, 3.05) is 19.3 Å². The molecule has 0 fully saturated rings. The van der Waals surface area contributed by atoms with Crippen LogP contribution in [0.1, 0.15) is 0 Å². The summed E-state index contributed by atoms with van der Waals surface area (Å²) in [5.41, 5.74) is 6.19. The van der Waals surface area contributed by atoms with Gasteiger partial charge in [0.2, 0.25) is 13.6 Å². The Balaban J connectivity index is 0.000000126. The number of fused-ring (bicyclic) bond motifs is 2. The van der Waals surface area contributed by atoms with Gasteiger partial charge in [-0.25, -0.2) is 0 Å². The van der Waals surface area contributed by atoms with Crippen LogP contribution >= 0.6 is 15.9 Å². The van der Waals surface area contributed by atoms with Crippen molar-refractivity contribution < 1.29 is 24.1 Å². The van der Waals surface area contributed by atoms with Crippen LogP contribution in [-0.4, -0.2) is 18.7 Å². The standard InChI is InChI=1S/C7H5BrO3.C7H7NO2/c8-4-1-6-7(2-5(4)9)11-3-10-6;8-5-1-2-6-7(3-5)10-4-9-6/h1-2,9H,3H2;1-3H,4,8H2. The summed E-state index contributed by atoms with van der Waals surface area (Å²) in [6.07, 6.45) is 0. The number of aromatic hydroxyl groups is 1. The lowest BCUT2D eigenvalue weighted by atomic mass is 10.3. The number of hydrogen-bond donors (Lipinski definition) is 2. The minimum atomic E-state index is 0.161. The molecule has 2 aliphatic rings. The topological polar surface area (TPSA) is 83.2 Å². The highest BCUT2D eigenvalue weighted by atomic mass is 79.9. The van der Waals surface area contributed by atoms with Gasteiger partial charge in [-0.05, 0) is 28.1 Å². The first-order chi connectivity index (χ1) is 10.1. The smallest absolute Gasteiger partial charge is 0.231 e. The maximum Gasteiger partial charge on any atom is 0.231 e. The number of anilines is 1. The molecule has 0 atom stereocenters. The number of phenolic OH excluding ortho intramolecular Hbond substituents is 1. The molecular formula is C14H12BrNO5. The molecule has 110 valence electrons. The van der Waals surface area contributed by atoms with E-state index in [1.807, 2.05) is 0 Å². The van der Waals surface area contributed by atoms with Crippen molar-refractivity contribution in [3.05, 3.63) is 34.8 Å². The summed E-state index contributed by atoms with van der Waals surface area (Å²) in [6.45, 7) is 0.532. The molecule has 0 spiro atoms. The average Bonchev–Trinajstić information content (AvgIpc) is 3.08. The van der Waals surface area contributed by atoms with Crippen LogP contribution in [0.15, 0.2) is 34.8 Å². The van der Waals surface area contributed by atoms with Crippen LogP contribution in [0.25, 0.3) is 0 Å². The van der Waals surface area contributed by atoms with Gasteiger partial charge in [0.1, 0.15) is 5.75 Å². The van der Waals surface area contributed by atoms with E-state index in [9.17, 15) is 5.11 Å². The second-order valence-corrected chi connectivity index (χ2v) is 5.12. The van der Waals surface area contributed by atoms with E-state index >= 15 is 0 Å². The number of halogens is 1. The summed E-state index contributed by atoms with van der Waals surface area (Å²) in [6, 6.07) is 8.54. The van der Waals surface area contributed by atoms with Crippen LogP contribution in [0, 0.1) is 0 Å². The van der Waals surface area contributed by atoms with E-state index in [4.69, 9.17) is 24.7 Å². The molecule has 21 heavy (non-hydrogen) atoms. The highest BCUT2D eigenvalue weighted by Crippen LogP contribution is 2.39. The zero-order valence-corrected chi connectivity index (χ0v) is 12.4. The third-order valence-corrected chi connectivity index (χ3v) is 3.47. The van der Waals surface area contributed by atoms with Gasteiger partial charge in [0.25, 0.3) is 0 Å². The molecule has 0 amide bonds. The third kappa shape index (κ3) is 2.92. The lowest BCUT2D eigenvalue weighted by Gasteiger charge is -1.98. The Morgan fingerprint density at radius 3 is 2.14 bits per heavy atom. The number of phenols is 1. The first-order valence-electron chi connectivity index (χ1n) is 6.07. The van der Waals surface area contributed by atoms with Crippen LogP contribution in [0.2, 0.25) is 0 Å². The molecule has 0 bridgehead atoms. The van der Waals surface area contributed by atoms with E-state index < -0.39 is 0 Å². The number of ether oxygens (including phenoxy) is 4. The Morgan fingerprint density at radius 1 is 0.857 bits per heavy atom. The highest BCUT2D eigenvalue weighted by Gasteiger charge is 2.15. The zero-order valence-electron chi connectivity index (χ0n) is 10.8. The predicted octanol–water partition coefficient (Wildman–Crippen LogP) is 2.88. The first kappa shape index (κ1) is 13.7. The molecule has 0 unspecified atom stereocenters. The molecule has 0 radical (unpaired) electrons. The van der Waals surface area contributed by atoms with Gasteiger partial charge in [0.15, 0.2) is 23.0 Å². The molecule has 7 heteroatoms. The quantitative estimate of drug-likeness (QED) is 0.708. The molecule has 6 nitrogen and oxygen atoms in total. The maximum absolute atomic E-state index is 9.20. The lowest BCUT2D eigenvalue weighted by molar-refractivity contribution is 0.173. The van der Waals surface area contributed by atoms with Crippen molar-refractivity contribution in [2.24, 2.45) is 0 Å². The average molecular weight is 354 g/mol. The summed E-state index contributed by atoms with van der Waals surface area (Å²) < 4.78 is 20.9. The molecular weight excluding hydrogens is 342 g/mol. The normalized spacial score (nSPS) is 13.6. The van der Waals surface area contributed by atoms with E-state index in [2.05, 4.69) is 15.9 Å². The fourth-order valence-corrected chi connectivity index (χ4v) is 2.14. The molecule has 2 heterocycles. The van der Waals surface area contributed by atoms with E-state index in [0.29, 0.717) is 28.5 Å². The van der Waals surface area contributed by atoms with Gasteiger partial charge in [-0.15, -0.1) is 0 Å².